The van der Waals surface area contributed by atoms with Gasteiger partial charge in [-0.05, 0) is 57.2 Å². The third kappa shape index (κ3) is 5.68. The smallest absolute Gasteiger partial charge is 0.217 e. The van der Waals surface area contributed by atoms with E-state index in [1.54, 1.807) is 6.92 Å². The molecule has 1 aliphatic rings. The molecule has 0 aliphatic heterocycles. The molecule has 4 heteroatoms. The van der Waals surface area contributed by atoms with Crippen LogP contribution < -0.4 is 15.4 Å². The minimum absolute atomic E-state index is 0.0799. The largest absolute Gasteiger partial charge is 0.492 e. The van der Waals surface area contributed by atoms with E-state index in [1.165, 1.54) is 5.56 Å². The Morgan fingerprint density at radius 3 is 2.59 bits per heavy atom. The molecule has 0 radical (unpaired) electrons. The molecule has 0 unspecified atom stereocenters. The Hall–Kier alpha value is -1.55. The van der Waals surface area contributed by atoms with Crippen LogP contribution in [-0.2, 0) is 4.79 Å². The summed E-state index contributed by atoms with van der Waals surface area (Å²) in [6, 6.07) is 9.36. The molecule has 0 heterocycles. The van der Waals surface area contributed by atoms with Crippen LogP contribution in [0.25, 0.3) is 0 Å². The zero-order valence-corrected chi connectivity index (χ0v) is 13.9. The van der Waals surface area contributed by atoms with Gasteiger partial charge in [0.15, 0.2) is 0 Å². The Morgan fingerprint density at radius 2 is 1.95 bits per heavy atom. The van der Waals surface area contributed by atoms with E-state index in [0.717, 1.165) is 31.4 Å². The Labute approximate surface area is 133 Å². The molecular weight excluding hydrogens is 276 g/mol. The highest BCUT2D eigenvalue weighted by molar-refractivity contribution is 5.73. The lowest BCUT2D eigenvalue weighted by atomic mass is 9.90. The van der Waals surface area contributed by atoms with Crippen molar-refractivity contribution in [2.45, 2.75) is 64.6 Å². The zero-order valence-electron chi connectivity index (χ0n) is 13.9. The predicted octanol–water partition coefficient (Wildman–Crippen LogP) is 2.80. The van der Waals surface area contributed by atoms with Crippen LogP contribution in [0.4, 0.5) is 0 Å². The van der Waals surface area contributed by atoms with E-state index < -0.39 is 0 Å². The second-order valence-electron chi connectivity index (χ2n) is 6.44. The third-order valence-corrected chi connectivity index (χ3v) is 4.14. The molecule has 0 saturated heterocycles. The second kappa shape index (κ2) is 8.18. The third-order valence-electron chi connectivity index (χ3n) is 4.14. The minimum atomic E-state index is 0.0799. The molecule has 2 N–H and O–H groups in total. The number of hydrogen-bond donors (Lipinski definition) is 2. The SMILES string of the molecule is CC(=O)NC1CCC(N[C@@H](C)COc2cccc(C)c2)CC1. The van der Waals surface area contributed by atoms with E-state index in [2.05, 4.69) is 36.6 Å². The number of hydrogen-bond acceptors (Lipinski definition) is 3. The number of carbonyl (C=O) groups excluding carboxylic acids is 1. The number of nitrogens with one attached hydrogen (secondary N) is 2. The van der Waals surface area contributed by atoms with Crippen molar-refractivity contribution in [2.24, 2.45) is 0 Å². The fourth-order valence-electron chi connectivity index (χ4n) is 3.07. The summed E-state index contributed by atoms with van der Waals surface area (Å²) in [7, 11) is 0. The number of rotatable bonds is 6. The topological polar surface area (TPSA) is 50.4 Å². The highest BCUT2D eigenvalue weighted by Crippen LogP contribution is 2.19. The molecule has 1 amide bonds. The van der Waals surface area contributed by atoms with Crippen LogP contribution >= 0.6 is 0 Å². The van der Waals surface area contributed by atoms with E-state index in [0.29, 0.717) is 24.7 Å². The van der Waals surface area contributed by atoms with Crippen molar-refractivity contribution in [1.29, 1.82) is 0 Å². The van der Waals surface area contributed by atoms with Gasteiger partial charge in [-0.15, -0.1) is 0 Å². The van der Waals surface area contributed by atoms with E-state index in [4.69, 9.17) is 4.74 Å². The fraction of sp³-hybridized carbons (Fsp3) is 0.611. The first-order valence-electron chi connectivity index (χ1n) is 8.25. The van der Waals surface area contributed by atoms with Gasteiger partial charge in [-0.3, -0.25) is 4.79 Å². The average molecular weight is 304 g/mol. The van der Waals surface area contributed by atoms with E-state index in [-0.39, 0.29) is 5.91 Å². The van der Waals surface area contributed by atoms with Gasteiger partial charge in [0.1, 0.15) is 12.4 Å². The van der Waals surface area contributed by atoms with Crippen molar-refractivity contribution in [3.8, 4) is 5.75 Å². The van der Waals surface area contributed by atoms with Crippen molar-refractivity contribution in [3.05, 3.63) is 29.8 Å². The summed E-state index contributed by atoms with van der Waals surface area (Å²) in [6.07, 6.45) is 4.34. The second-order valence-corrected chi connectivity index (χ2v) is 6.44. The molecule has 4 nitrogen and oxygen atoms in total. The summed E-state index contributed by atoms with van der Waals surface area (Å²) in [6.45, 7) is 6.50. The fourth-order valence-corrected chi connectivity index (χ4v) is 3.07. The van der Waals surface area contributed by atoms with Gasteiger partial charge in [0.05, 0.1) is 0 Å². The molecule has 0 bridgehead atoms. The van der Waals surface area contributed by atoms with Gasteiger partial charge >= 0.3 is 0 Å². The molecule has 1 fully saturated rings. The highest BCUT2D eigenvalue weighted by Gasteiger charge is 2.22. The molecule has 1 aromatic rings. The van der Waals surface area contributed by atoms with Crippen molar-refractivity contribution in [2.75, 3.05) is 6.61 Å². The Balaban J connectivity index is 1.67. The minimum Gasteiger partial charge on any atom is -0.492 e. The summed E-state index contributed by atoms with van der Waals surface area (Å²) in [5.41, 5.74) is 1.22. The number of ether oxygens (including phenoxy) is 1. The predicted molar refractivity (Wildman–Crippen MR) is 89.1 cm³/mol. The van der Waals surface area contributed by atoms with Crippen LogP contribution in [0.3, 0.4) is 0 Å². The lowest BCUT2D eigenvalue weighted by Crippen LogP contribution is -2.45. The first-order chi connectivity index (χ1) is 10.5. The van der Waals surface area contributed by atoms with E-state index in [9.17, 15) is 4.79 Å². The summed E-state index contributed by atoms with van der Waals surface area (Å²) in [5.74, 6) is 1.01. The van der Waals surface area contributed by atoms with Gasteiger partial charge in [-0.2, -0.15) is 0 Å². The zero-order chi connectivity index (χ0) is 15.9. The van der Waals surface area contributed by atoms with Crippen molar-refractivity contribution in [3.63, 3.8) is 0 Å². The molecule has 1 aliphatic carbocycles. The number of aryl methyl sites for hydroxylation is 1. The Kier molecular flexibility index (Phi) is 6.25. The maximum atomic E-state index is 11.1. The maximum Gasteiger partial charge on any atom is 0.217 e. The molecule has 1 aromatic carbocycles. The molecule has 1 saturated carbocycles. The van der Waals surface area contributed by atoms with Gasteiger partial charge in [-0.1, -0.05) is 12.1 Å². The van der Waals surface area contributed by atoms with Crippen LogP contribution in [-0.4, -0.2) is 30.6 Å². The molecule has 2 rings (SSSR count). The summed E-state index contributed by atoms with van der Waals surface area (Å²) in [5, 5.41) is 6.66. The lowest BCUT2D eigenvalue weighted by Gasteiger charge is -2.31. The lowest BCUT2D eigenvalue weighted by molar-refractivity contribution is -0.119. The van der Waals surface area contributed by atoms with Gasteiger partial charge in [-0.25, -0.2) is 0 Å². The van der Waals surface area contributed by atoms with Crippen LogP contribution in [0.1, 0.15) is 45.1 Å². The van der Waals surface area contributed by atoms with Gasteiger partial charge in [0.25, 0.3) is 0 Å². The number of carbonyl (C=O) groups is 1. The quantitative estimate of drug-likeness (QED) is 0.849. The van der Waals surface area contributed by atoms with Crippen LogP contribution in [0.2, 0.25) is 0 Å². The molecule has 0 spiro atoms. The summed E-state index contributed by atoms with van der Waals surface area (Å²) >= 11 is 0. The number of benzene rings is 1. The first-order valence-corrected chi connectivity index (χ1v) is 8.25. The maximum absolute atomic E-state index is 11.1. The van der Waals surface area contributed by atoms with Crippen molar-refractivity contribution >= 4 is 5.91 Å². The summed E-state index contributed by atoms with van der Waals surface area (Å²) < 4.78 is 5.84. The van der Waals surface area contributed by atoms with Crippen LogP contribution in [0, 0.1) is 6.92 Å². The van der Waals surface area contributed by atoms with Gasteiger partial charge in [0, 0.05) is 25.0 Å². The Morgan fingerprint density at radius 1 is 1.27 bits per heavy atom. The molecule has 22 heavy (non-hydrogen) atoms. The average Bonchev–Trinajstić information content (AvgIpc) is 2.47. The van der Waals surface area contributed by atoms with Gasteiger partial charge in [0.2, 0.25) is 5.91 Å². The molecule has 0 aromatic heterocycles. The Bertz CT molecular complexity index is 482. The number of amides is 1. The van der Waals surface area contributed by atoms with Crippen molar-refractivity contribution < 1.29 is 9.53 Å². The highest BCUT2D eigenvalue weighted by atomic mass is 16.5. The normalized spacial score (nSPS) is 22.9. The standard InChI is InChI=1S/C18H28N2O2/c1-13-5-4-6-18(11-13)22-12-14(2)19-16-7-9-17(10-8-16)20-15(3)21/h4-6,11,14,16-17,19H,7-10,12H2,1-3H3,(H,20,21)/t14-,16?,17?/m0/s1. The van der Waals surface area contributed by atoms with Crippen molar-refractivity contribution in [1.82, 2.24) is 10.6 Å². The van der Waals surface area contributed by atoms with Gasteiger partial charge < -0.3 is 15.4 Å². The molecule has 1 atom stereocenters. The molecular formula is C18H28N2O2. The summed E-state index contributed by atoms with van der Waals surface area (Å²) in [4.78, 5) is 11.1. The molecule has 122 valence electrons. The monoisotopic (exact) mass is 304 g/mol. The first kappa shape index (κ1) is 16.8. The van der Waals surface area contributed by atoms with E-state index in [1.807, 2.05) is 12.1 Å². The van der Waals surface area contributed by atoms with Crippen LogP contribution in [0.15, 0.2) is 24.3 Å². The van der Waals surface area contributed by atoms with E-state index >= 15 is 0 Å². The van der Waals surface area contributed by atoms with Crippen LogP contribution in [0.5, 0.6) is 5.75 Å².